The number of rotatable bonds is 2. The van der Waals surface area contributed by atoms with Crippen LogP contribution in [-0.4, -0.2) is 12.6 Å². The molecule has 0 saturated heterocycles. The van der Waals surface area contributed by atoms with Crippen molar-refractivity contribution >= 4 is 21.9 Å². The molecule has 0 N–H and O–H groups in total. The van der Waals surface area contributed by atoms with Gasteiger partial charge >= 0.3 is 5.97 Å². The van der Waals surface area contributed by atoms with E-state index in [2.05, 4.69) is 15.9 Å². The van der Waals surface area contributed by atoms with E-state index in [1.165, 1.54) is 0 Å². The van der Waals surface area contributed by atoms with Gasteiger partial charge in [0.15, 0.2) is 0 Å². The minimum absolute atomic E-state index is 0.326. The summed E-state index contributed by atoms with van der Waals surface area (Å²) in [5.41, 5.74) is 1.56. The summed E-state index contributed by atoms with van der Waals surface area (Å²) in [6, 6.07) is 5.38. The molecule has 0 fully saturated rings. The predicted octanol–water partition coefficient (Wildman–Crippen LogP) is 2.81. The number of esters is 1. The van der Waals surface area contributed by atoms with Crippen LogP contribution in [-0.2, 0) is 4.74 Å². The lowest BCUT2D eigenvalue weighted by Gasteiger charge is -2.07. The lowest BCUT2D eigenvalue weighted by Crippen LogP contribution is -2.07. The van der Waals surface area contributed by atoms with Crippen LogP contribution in [0.3, 0.4) is 0 Å². The molecule has 3 nitrogen and oxygen atoms in total. The Morgan fingerprint density at radius 3 is 2.80 bits per heavy atom. The molecule has 0 aromatic heterocycles. The minimum atomic E-state index is -0.396. The van der Waals surface area contributed by atoms with E-state index in [4.69, 9.17) is 10.00 Å². The van der Waals surface area contributed by atoms with E-state index in [1.54, 1.807) is 26.0 Å². The van der Waals surface area contributed by atoms with Gasteiger partial charge in [0.05, 0.1) is 23.8 Å². The van der Waals surface area contributed by atoms with Crippen LogP contribution >= 0.6 is 15.9 Å². The van der Waals surface area contributed by atoms with Crippen molar-refractivity contribution in [2.45, 2.75) is 13.8 Å². The van der Waals surface area contributed by atoms with Crippen LogP contribution in [0.5, 0.6) is 0 Å². The molecule has 0 bridgehead atoms. The van der Waals surface area contributed by atoms with Crippen molar-refractivity contribution in [1.29, 1.82) is 5.26 Å². The third-order valence-corrected chi connectivity index (χ3v) is 2.45. The van der Waals surface area contributed by atoms with E-state index in [-0.39, 0.29) is 0 Å². The SMILES string of the molecule is CCOC(=O)c1cc(Br)cc(C#N)c1C. The number of hydrogen-bond acceptors (Lipinski definition) is 3. The molecule has 0 amide bonds. The Morgan fingerprint density at radius 1 is 1.60 bits per heavy atom. The summed E-state index contributed by atoms with van der Waals surface area (Å²) in [6.45, 7) is 3.81. The summed E-state index contributed by atoms with van der Waals surface area (Å²) in [4.78, 5) is 11.5. The summed E-state index contributed by atoms with van der Waals surface area (Å²) >= 11 is 3.25. The molecule has 4 heteroatoms. The van der Waals surface area contributed by atoms with Gasteiger partial charge in [-0.25, -0.2) is 4.79 Å². The first-order valence-corrected chi connectivity index (χ1v) is 5.26. The minimum Gasteiger partial charge on any atom is -0.462 e. The van der Waals surface area contributed by atoms with Crippen LogP contribution in [0.1, 0.15) is 28.4 Å². The third-order valence-electron chi connectivity index (χ3n) is 1.99. The standard InChI is InChI=1S/C11H10BrNO2/c1-3-15-11(14)10-5-9(12)4-8(6-13)7(10)2/h4-5H,3H2,1-2H3. The fraction of sp³-hybridized carbons (Fsp3) is 0.273. The van der Waals surface area contributed by atoms with Crippen LogP contribution < -0.4 is 0 Å². The second kappa shape index (κ2) is 4.94. The summed E-state index contributed by atoms with van der Waals surface area (Å²) in [5, 5.41) is 8.86. The molecular weight excluding hydrogens is 258 g/mol. The Hall–Kier alpha value is -1.34. The van der Waals surface area contributed by atoms with Gasteiger partial charge in [0.25, 0.3) is 0 Å². The zero-order valence-electron chi connectivity index (χ0n) is 8.50. The van der Waals surface area contributed by atoms with Gasteiger partial charge in [0.2, 0.25) is 0 Å². The van der Waals surface area contributed by atoms with Gasteiger partial charge in [-0.15, -0.1) is 0 Å². The molecule has 1 rings (SSSR count). The molecule has 0 aliphatic heterocycles. The molecule has 0 saturated carbocycles. The Balaban J connectivity index is 3.24. The summed E-state index contributed by atoms with van der Waals surface area (Å²) in [6.07, 6.45) is 0. The van der Waals surface area contributed by atoms with E-state index >= 15 is 0 Å². The van der Waals surface area contributed by atoms with Gasteiger partial charge in [-0.05, 0) is 31.5 Å². The van der Waals surface area contributed by atoms with E-state index < -0.39 is 5.97 Å². The van der Waals surface area contributed by atoms with Crippen molar-refractivity contribution < 1.29 is 9.53 Å². The number of nitrogens with zero attached hydrogens (tertiary/aromatic N) is 1. The average Bonchev–Trinajstić information content (AvgIpc) is 2.21. The van der Waals surface area contributed by atoms with Gasteiger partial charge < -0.3 is 4.74 Å². The molecule has 0 spiro atoms. The van der Waals surface area contributed by atoms with Crippen molar-refractivity contribution in [2.75, 3.05) is 6.61 Å². The normalized spacial score (nSPS) is 9.47. The van der Waals surface area contributed by atoms with E-state index in [0.717, 1.165) is 0 Å². The maximum absolute atomic E-state index is 11.5. The van der Waals surface area contributed by atoms with Gasteiger partial charge in [-0.2, -0.15) is 5.26 Å². The monoisotopic (exact) mass is 267 g/mol. The molecule has 1 aromatic rings. The highest BCUT2D eigenvalue weighted by molar-refractivity contribution is 9.10. The van der Waals surface area contributed by atoms with Crippen LogP contribution in [0.25, 0.3) is 0 Å². The number of carbonyl (C=O) groups excluding carboxylic acids is 1. The van der Waals surface area contributed by atoms with Crippen molar-refractivity contribution in [1.82, 2.24) is 0 Å². The quantitative estimate of drug-likeness (QED) is 0.775. The van der Waals surface area contributed by atoms with E-state index in [9.17, 15) is 4.79 Å². The number of nitriles is 1. The number of hydrogen-bond donors (Lipinski definition) is 0. The highest BCUT2D eigenvalue weighted by Gasteiger charge is 2.13. The smallest absolute Gasteiger partial charge is 0.338 e. The summed E-state index contributed by atoms with van der Waals surface area (Å²) < 4.78 is 5.60. The second-order valence-corrected chi connectivity index (χ2v) is 3.87. The van der Waals surface area contributed by atoms with Crippen LogP contribution in [0.4, 0.5) is 0 Å². The summed E-state index contributed by atoms with van der Waals surface area (Å²) in [7, 11) is 0. The van der Waals surface area contributed by atoms with Crippen LogP contribution in [0.2, 0.25) is 0 Å². The Morgan fingerprint density at radius 2 is 2.27 bits per heavy atom. The first-order valence-electron chi connectivity index (χ1n) is 4.47. The Bertz CT molecular complexity index is 435. The lowest BCUT2D eigenvalue weighted by atomic mass is 10.0. The van der Waals surface area contributed by atoms with Crippen molar-refractivity contribution in [2.24, 2.45) is 0 Å². The fourth-order valence-corrected chi connectivity index (χ4v) is 1.67. The predicted molar refractivity (Wildman–Crippen MR) is 59.6 cm³/mol. The molecule has 78 valence electrons. The highest BCUT2D eigenvalue weighted by atomic mass is 79.9. The van der Waals surface area contributed by atoms with E-state index in [1.807, 2.05) is 6.07 Å². The van der Waals surface area contributed by atoms with E-state index in [0.29, 0.717) is 27.8 Å². The number of ether oxygens (including phenoxy) is 1. The van der Waals surface area contributed by atoms with Crippen molar-refractivity contribution in [3.63, 3.8) is 0 Å². The molecule has 0 atom stereocenters. The highest BCUT2D eigenvalue weighted by Crippen LogP contribution is 2.21. The summed E-state index contributed by atoms with van der Waals surface area (Å²) in [5.74, 6) is -0.396. The molecule has 1 aromatic carbocycles. The number of benzene rings is 1. The number of carbonyl (C=O) groups is 1. The molecule has 0 aliphatic carbocycles. The van der Waals surface area contributed by atoms with Crippen LogP contribution in [0, 0.1) is 18.3 Å². The molecular formula is C11H10BrNO2. The molecule has 0 heterocycles. The van der Waals surface area contributed by atoms with Gasteiger partial charge in [0, 0.05) is 4.47 Å². The van der Waals surface area contributed by atoms with Crippen molar-refractivity contribution in [3.8, 4) is 6.07 Å². The van der Waals surface area contributed by atoms with Crippen molar-refractivity contribution in [3.05, 3.63) is 33.3 Å². The number of halogens is 1. The lowest BCUT2D eigenvalue weighted by molar-refractivity contribution is 0.0525. The largest absolute Gasteiger partial charge is 0.462 e. The molecule has 0 aliphatic rings. The van der Waals surface area contributed by atoms with Gasteiger partial charge in [-0.1, -0.05) is 15.9 Å². The van der Waals surface area contributed by atoms with Crippen LogP contribution in [0.15, 0.2) is 16.6 Å². The van der Waals surface area contributed by atoms with Gasteiger partial charge in [-0.3, -0.25) is 0 Å². The Kier molecular flexibility index (Phi) is 3.87. The van der Waals surface area contributed by atoms with Gasteiger partial charge in [0.1, 0.15) is 0 Å². The maximum atomic E-state index is 11.5. The molecule has 15 heavy (non-hydrogen) atoms. The molecule has 0 radical (unpaired) electrons. The Labute approximate surface area is 96.8 Å². The zero-order chi connectivity index (χ0) is 11.4. The first-order chi connectivity index (χ1) is 7.10. The topological polar surface area (TPSA) is 50.1 Å². The second-order valence-electron chi connectivity index (χ2n) is 2.96. The fourth-order valence-electron chi connectivity index (χ4n) is 1.22. The zero-order valence-corrected chi connectivity index (χ0v) is 10.1. The first kappa shape index (κ1) is 11.7. The third kappa shape index (κ3) is 2.57. The molecule has 0 unspecified atom stereocenters. The average molecular weight is 268 g/mol. The maximum Gasteiger partial charge on any atom is 0.338 e.